The molecular formula is C33H34F3N5O5. The predicted octanol–water partition coefficient (Wildman–Crippen LogP) is 6.72. The molecule has 0 aliphatic carbocycles. The van der Waals surface area contributed by atoms with Gasteiger partial charge in [0.25, 0.3) is 11.8 Å². The van der Waals surface area contributed by atoms with E-state index in [2.05, 4.69) is 10.3 Å². The standard InChI is InChI=1S/C33H34F3N5O5/c1-20-19-40(31(44)46-32(2,3)4)14-15-41(20)30(43)27-17-22-16-25(11-12-26(22)39(27)5)45-28-13-10-24(18-37-28)38-29(42)21-6-8-23(9-7-21)33(34,35)36/h6-13,16-18,20H,14-15,19H2,1-5H3,(H,38,42). The zero-order chi connectivity index (χ0) is 33.4. The SMILES string of the molecule is CC1CN(C(=O)OC(C)(C)C)CCN1C(=O)c1cc2cc(Oc3ccc(NC(=O)c4ccc(C(F)(F)F)cc4)cn3)ccc2n1C. The number of nitrogens with one attached hydrogen (secondary N) is 1. The van der Waals surface area contributed by atoms with Crippen molar-refractivity contribution in [3.8, 4) is 11.6 Å². The molecule has 3 amide bonds. The zero-order valence-electron chi connectivity index (χ0n) is 26.0. The summed E-state index contributed by atoms with van der Waals surface area (Å²) in [5, 5.41) is 3.38. The van der Waals surface area contributed by atoms with Crippen LogP contribution in [0.4, 0.5) is 23.7 Å². The summed E-state index contributed by atoms with van der Waals surface area (Å²) in [6, 6.07) is 14.0. The number of aryl methyl sites for hydroxylation is 1. The monoisotopic (exact) mass is 637 g/mol. The number of pyridine rings is 1. The zero-order valence-corrected chi connectivity index (χ0v) is 26.0. The van der Waals surface area contributed by atoms with Crippen molar-refractivity contribution in [1.82, 2.24) is 19.4 Å². The molecule has 1 atom stereocenters. The average Bonchev–Trinajstić information content (AvgIpc) is 3.32. The molecule has 1 N–H and O–H groups in total. The Morgan fingerprint density at radius 3 is 2.28 bits per heavy atom. The van der Waals surface area contributed by atoms with Crippen LogP contribution in [0.2, 0.25) is 0 Å². The second kappa shape index (κ2) is 12.4. The number of alkyl halides is 3. The molecule has 0 bridgehead atoms. The molecule has 1 unspecified atom stereocenters. The van der Waals surface area contributed by atoms with Gasteiger partial charge in [-0.1, -0.05) is 0 Å². The summed E-state index contributed by atoms with van der Waals surface area (Å²) in [6.45, 7) is 8.47. The van der Waals surface area contributed by atoms with Crippen molar-refractivity contribution >= 4 is 34.5 Å². The lowest BCUT2D eigenvalue weighted by Crippen LogP contribution is -2.56. The van der Waals surface area contributed by atoms with Crippen molar-refractivity contribution in [1.29, 1.82) is 0 Å². The van der Waals surface area contributed by atoms with Crippen LogP contribution in [-0.4, -0.2) is 68.5 Å². The lowest BCUT2D eigenvalue weighted by molar-refractivity contribution is -0.137. The van der Waals surface area contributed by atoms with Crippen LogP contribution in [0.3, 0.4) is 0 Å². The molecular weight excluding hydrogens is 603 g/mol. The first kappa shape index (κ1) is 32.3. The number of amides is 3. The van der Waals surface area contributed by atoms with E-state index in [1.807, 2.05) is 45.4 Å². The minimum atomic E-state index is -4.49. The van der Waals surface area contributed by atoms with Gasteiger partial charge in [-0.3, -0.25) is 9.59 Å². The molecule has 0 spiro atoms. The van der Waals surface area contributed by atoms with Gasteiger partial charge >= 0.3 is 12.3 Å². The summed E-state index contributed by atoms with van der Waals surface area (Å²) in [5.41, 5.74) is 0.284. The van der Waals surface area contributed by atoms with Crippen molar-refractivity contribution < 1.29 is 37.0 Å². The maximum atomic E-state index is 13.6. The van der Waals surface area contributed by atoms with E-state index in [-0.39, 0.29) is 23.4 Å². The maximum Gasteiger partial charge on any atom is 0.416 e. The summed E-state index contributed by atoms with van der Waals surface area (Å²) in [6.07, 6.45) is -3.51. The Labute approximate surface area is 263 Å². The summed E-state index contributed by atoms with van der Waals surface area (Å²) >= 11 is 0. The Morgan fingerprint density at radius 1 is 0.957 bits per heavy atom. The number of anilines is 1. The van der Waals surface area contributed by atoms with Gasteiger partial charge in [0, 0.05) is 55.3 Å². The topological polar surface area (TPSA) is 106 Å². The van der Waals surface area contributed by atoms with Gasteiger partial charge in [-0.25, -0.2) is 9.78 Å². The number of aromatic nitrogens is 2. The average molecular weight is 638 g/mol. The Balaban J connectivity index is 1.22. The number of halogens is 3. The van der Waals surface area contributed by atoms with Gasteiger partial charge in [0.2, 0.25) is 5.88 Å². The van der Waals surface area contributed by atoms with Gasteiger partial charge in [-0.05, 0) is 82.3 Å². The first-order valence-electron chi connectivity index (χ1n) is 14.6. The van der Waals surface area contributed by atoms with Gasteiger partial charge in [-0.15, -0.1) is 0 Å². The van der Waals surface area contributed by atoms with Crippen molar-refractivity contribution in [2.24, 2.45) is 7.05 Å². The highest BCUT2D eigenvalue weighted by Gasteiger charge is 2.34. The summed E-state index contributed by atoms with van der Waals surface area (Å²) in [4.78, 5) is 46.2. The van der Waals surface area contributed by atoms with Crippen molar-refractivity contribution in [3.63, 3.8) is 0 Å². The van der Waals surface area contributed by atoms with E-state index >= 15 is 0 Å². The normalized spacial score (nSPS) is 15.5. The van der Waals surface area contributed by atoms with Crippen LogP contribution in [-0.2, 0) is 18.0 Å². The van der Waals surface area contributed by atoms with E-state index in [4.69, 9.17) is 9.47 Å². The van der Waals surface area contributed by atoms with Crippen molar-refractivity contribution in [2.75, 3.05) is 25.0 Å². The number of carbonyl (C=O) groups excluding carboxylic acids is 3. The van der Waals surface area contributed by atoms with Crippen molar-refractivity contribution in [2.45, 2.75) is 45.5 Å². The fraction of sp³-hybridized carbons (Fsp3) is 0.333. The fourth-order valence-corrected chi connectivity index (χ4v) is 5.14. The molecule has 0 radical (unpaired) electrons. The molecule has 1 aliphatic rings. The molecule has 0 saturated carbocycles. The first-order chi connectivity index (χ1) is 21.6. The minimum absolute atomic E-state index is 0.0693. The molecule has 3 heterocycles. The summed E-state index contributed by atoms with van der Waals surface area (Å²) in [5.74, 6) is -0.00207. The Bertz CT molecular complexity index is 1760. The highest BCUT2D eigenvalue weighted by atomic mass is 19.4. The van der Waals surface area contributed by atoms with Crippen LogP contribution in [0.25, 0.3) is 10.9 Å². The van der Waals surface area contributed by atoms with Gasteiger partial charge < -0.3 is 29.2 Å². The molecule has 46 heavy (non-hydrogen) atoms. The van der Waals surface area contributed by atoms with Crippen LogP contribution in [0.15, 0.2) is 66.9 Å². The Hall–Kier alpha value is -5.07. The molecule has 242 valence electrons. The number of hydrogen-bond acceptors (Lipinski definition) is 6. The molecule has 1 saturated heterocycles. The van der Waals surface area contributed by atoms with E-state index < -0.39 is 29.3 Å². The largest absolute Gasteiger partial charge is 0.444 e. The number of carbonyl (C=O) groups is 3. The quantitative estimate of drug-likeness (QED) is 0.261. The number of benzene rings is 2. The second-order valence-corrected chi connectivity index (χ2v) is 12.1. The van der Waals surface area contributed by atoms with Crippen LogP contribution >= 0.6 is 0 Å². The van der Waals surface area contributed by atoms with Crippen LogP contribution in [0, 0.1) is 0 Å². The molecule has 10 nitrogen and oxygen atoms in total. The van der Waals surface area contributed by atoms with E-state index in [0.717, 1.165) is 35.2 Å². The summed E-state index contributed by atoms with van der Waals surface area (Å²) < 4.78 is 51.6. The molecule has 2 aromatic carbocycles. The number of rotatable bonds is 5. The van der Waals surface area contributed by atoms with Crippen LogP contribution < -0.4 is 10.1 Å². The van der Waals surface area contributed by atoms with Crippen LogP contribution in [0.1, 0.15) is 54.1 Å². The third-order valence-corrected chi connectivity index (χ3v) is 7.46. The highest BCUT2D eigenvalue weighted by Crippen LogP contribution is 2.30. The molecule has 1 fully saturated rings. The number of nitrogens with zero attached hydrogens (tertiary/aromatic N) is 4. The Morgan fingerprint density at radius 2 is 1.67 bits per heavy atom. The number of fused-ring (bicyclic) bond motifs is 1. The number of ether oxygens (including phenoxy) is 2. The molecule has 2 aromatic heterocycles. The van der Waals surface area contributed by atoms with E-state index in [9.17, 15) is 27.6 Å². The van der Waals surface area contributed by atoms with Crippen LogP contribution in [0.5, 0.6) is 11.6 Å². The second-order valence-electron chi connectivity index (χ2n) is 12.1. The molecule has 5 rings (SSSR count). The maximum absolute atomic E-state index is 13.6. The van der Waals surface area contributed by atoms with E-state index in [1.54, 1.807) is 40.1 Å². The lowest BCUT2D eigenvalue weighted by Gasteiger charge is -2.40. The lowest BCUT2D eigenvalue weighted by atomic mass is 10.1. The molecule has 4 aromatic rings. The Kier molecular flexibility index (Phi) is 8.70. The molecule has 1 aliphatic heterocycles. The van der Waals surface area contributed by atoms with Gasteiger partial charge in [0.1, 0.15) is 17.0 Å². The van der Waals surface area contributed by atoms with Gasteiger partial charge in [0.05, 0.1) is 17.4 Å². The first-order valence-corrected chi connectivity index (χ1v) is 14.6. The summed E-state index contributed by atoms with van der Waals surface area (Å²) in [7, 11) is 1.82. The molecule has 13 heteroatoms. The number of hydrogen-bond donors (Lipinski definition) is 1. The predicted molar refractivity (Wildman–Crippen MR) is 165 cm³/mol. The van der Waals surface area contributed by atoms with Gasteiger partial charge in [0.15, 0.2) is 0 Å². The van der Waals surface area contributed by atoms with E-state index in [0.29, 0.717) is 36.8 Å². The van der Waals surface area contributed by atoms with Gasteiger partial charge in [-0.2, -0.15) is 13.2 Å². The third-order valence-electron chi connectivity index (χ3n) is 7.46. The van der Waals surface area contributed by atoms with Crippen molar-refractivity contribution in [3.05, 3.63) is 83.7 Å². The minimum Gasteiger partial charge on any atom is -0.444 e. The van der Waals surface area contributed by atoms with E-state index in [1.165, 1.54) is 6.20 Å². The third kappa shape index (κ3) is 7.24. The fourth-order valence-electron chi connectivity index (χ4n) is 5.14. The highest BCUT2D eigenvalue weighted by molar-refractivity contribution is 6.04. The number of piperazine rings is 1. The smallest absolute Gasteiger partial charge is 0.416 e.